The van der Waals surface area contributed by atoms with Crippen LogP contribution in [0.15, 0.2) is 47.6 Å². The van der Waals surface area contributed by atoms with Gasteiger partial charge >= 0.3 is 0 Å². The van der Waals surface area contributed by atoms with Crippen molar-refractivity contribution < 1.29 is 0 Å². The molecule has 18 heavy (non-hydrogen) atoms. The van der Waals surface area contributed by atoms with Gasteiger partial charge in [-0.2, -0.15) is 0 Å². The second kappa shape index (κ2) is 3.71. The van der Waals surface area contributed by atoms with E-state index in [-0.39, 0.29) is 0 Å². The summed E-state index contributed by atoms with van der Waals surface area (Å²) in [6.07, 6.45) is 10.00. The standard InChI is InChI=1S/C18H18/c1-12-10-13-6-2-3-9-16-14-7-4-5-8-15(14)17(11-12)18(13)16/h4-5,7-10,12H,2-3,6,11H2,1H3. The first-order valence-electron chi connectivity index (χ1n) is 7.09. The van der Waals surface area contributed by atoms with E-state index in [9.17, 15) is 0 Å². The molecule has 0 N–H and O–H groups in total. The fourth-order valence-electron chi connectivity index (χ4n) is 3.76. The number of hydrogen-bond acceptors (Lipinski definition) is 0. The number of allylic oxidation sites excluding steroid dienone is 6. The van der Waals surface area contributed by atoms with Gasteiger partial charge in [0.15, 0.2) is 0 Å². The summed E-state index contributed by atoms with van der Waals surface area (Å²) in [5, 5.41) is 0. The average Bonchev–Trinajstić information content (AvgIpc) is 2.55. The van der Waals surface area contributed by atoms with Gasteiger partial charge in [-0.15, -0.1) is 0 Å². The van der Waals surface area contributed by atoms with Crippen molar-refractivity contribution in [2.75, 3.05) is 0 Å². The minimum absolute atomic E-state index is 0.698. The normalized spacial score (nSPS) is 25.1. The van der Waals surface area contributed by atoms with Gasteiger partial charge in [0.05, 0.1) is 0 Å². The van der Waals surface area contributed by atoms with Crippen molar-refractivity contribution >= 4 is 11.1 Å². The number of fused-ring (bicyclic) bond motifs is 3. The van der Waals surface area contributed by atoms with Gasteiger partial charge in [-0.25, -0.2) is 0 Å². The highest BCUT2D eigenvalue weighted by Gasteiger charge is 2.31. The molecule has 0 saturated heterocycles. The van der Waals surface area contributed by atoms with Gasteiger partial charge in [-0.1, -0.05) is 43.3 Å². The van der Waals surface area contributed by atoms with Crippen molar-refractivity contribution in [1.82, 2.24) is 0 Å². The van der Waals surface area contributed by atoms with Crippen LogP contribution in [0.5, 0.6) is 0 Å². The molecule has 3 aliphatic rings. The van der Waals surface area contributed by atoms with Gasteiger partial charge in [0.2, 0.25) is 0 Å². The Bertz CT molecular complexity index is 611. The highest BCUT2D eigenvalue weighted by atomic mass is 14.4. The molecule has 0 bridgehead atoms. The van der Waals surface area contributed by atoms with E-state index in [2.05, 4.69) is 43.3 Å². The Morgan fingerprint density at radius 3 is 2.83 bits per heavy atom. The van der Waals surface area contributed by atoms with Gasteiger partial charge in [-0.3, -0.25) is 0 Å². The summed E-state index contributed by atoms with van der Waals surface area (Å²) in [5.41, 5.74) is 9.32. The van der Waals surface area contributed by atoms with Crippen LogP contribution >= 0.6 is 0 Å². The topological polar surface area (TPSA) is 0 Å². The van der Waals surface area contributed by atoms with Crippen molar-refractivity contribution in [1.29, 1.82) is 0 Å². The van der Waals surface area contributed by atoms with Gasteiger partial charge in [0, 0.05) is 0 Å². The molecule has 1 atom stereocenters. The molecule has 3 aliphatic carbocycles. The first-order chi connectivity index (χ1) is 8.84. The lowest BCUT2D eigenvalue weighted by Gasteiger charge is -2.21. The highest BCUT2D eigenvalue weighted by Crippen LogP contribution is 2.51. The first kappa shape index (κ1) is 10.4. The highest BCUT2D eigenvalue weighted by molar-refractivity contribution is 6.04. The zero-order chi connectivity index (χ0) is 12.1. The van der Waals surface area contributed by atoms with Crippen LogP contribution in [-0.4, -0.2) is 0 Å². The fourth-order valence-corrected chi connectivity index (χ4v) is 3.76. The Morgan fingerprint density at radius 1 is 1.11 bits per heavy atom. The first-order valence-corrected chi connectivity index (χ1v) is 7.09. The molecule has 1 unspecified atom stereocenters. The van der Waals surface area contributed by atoms with Crippen LogP contribution in [0.2, 0.25) is 0 Å². The van der Waals surface area contributed by atoms with E-state index in [0.717, 1.165) is 0 Å². The average molecular weight is 234 g/mol. The molecule has 0 amide bonds. The predicted molar refractivity (Wildman–Crippen MR) is 77.1 cm³/mol. The van der Waals surface area contributed by atoms with Crippen molar-refractivity contribution in [3.63, 3.8) is 0 Å². The lowest BCUT2D eigenvalue weighted by atomic mass is 9.83. The third-order valence-electron chi connectivity index (χ3n) is 4.45. The minimum atomic E-state index is 0.698. The van der Waals surface area contributed by atoms with E-state index in [1.165, 1.54) is 42.4 Å². The molecule has 0 heteroatoms. The van der Waals surface area contributed by atoms with Crippen molar-refractivity contribution in [2.24, 2.45) is 5.92 Å². The smallest absolute Gasteiger partial charge is 0.0105 e. The number of rotatable bonds is 0. The van der Waals surface area contributed by atoms with E-state index in [1.807, 2.05) is 0 Å². The maximum Gasteiger partial charge on any atom is -0.0105 e. The van der Waals surface area contributed by atoms with Gasteiger partial charge in [-0.05, 0) is 65.0 Å². The van der Waals surface area contributed by atoms with Gasteiger partial charge < -0.3 is 0 Å². The zero-order valence-electron chi connectivity index (χ0n) is 10.9. The molecule has 0 saturated carbocycles. The van der Waals surface area contributed by atoms with Crippen LogP contribution in [0.1, 0.15) is 43.7 Å². The summed E-state index contributed by atoms with van der Waals surface area (Å²) in [6, 6.07) is 8.96. The monoisotopic (exact) mass is 234 g/mol. The predicted octanol–water partition coefficient (Wildman–Crippen LogP) is 4.99. The van der Waals surface area contributed by atoms with Crippen LogP contribution in [0.3, 0.4) is 0 Å². The van der Waals surface area contributed by atoms with E-state index in [4.69, 9.17) is 0 Å². The second-order valence-electron chi connectivity index (χ2n) is 5.78. The maximum atomic E-state index is 2.52. The summed E-state index contributed by atoms with van der Waals surface area (Å²) < 4.78 is 0. The largest absolute Gasteiger partial charge is 0.0775 e. The van der Waals surface area contributed by atoms with Gasteiger partial charge in [0.1, 0.15) is 0 Å². The molecule has 0 heterocycles. The fraction of sp³-hybridized carbons (Fsp3) is 0.333. The van der Waals surface area contributed by atoms with Crippen LogP contribution in [0, 0.1) is 5.92 Å². The van der Waals surface area contributed by atoms with Crippen molar-refractivity contribution in [2.45, 2.75) is 32.6 Å². The summed E-state index contributed by atoms with van der Waals surface area (Å²) >= 11 is 0. The molecular formula is C18H18. The van der Waals surface area contributed by atoms with Gasteiger partial charge in [0.25, 0.3) is 0 Å². The minimum Gasteiger partial charge on any atom is -0.0775 e. The Balaban J connectivity index is 2.02. The molecule has 4 rings (SSSR count). The van der Waals surface area contributed by atoms with E-state index >= 15 is 0 Å². The Morgan fingerprint density at radius 2 is 1.94 bits per heavy atom. The van der Waals surface area contributed by atoms with E-state index in [1.54, 1.807) is 16.7 Å². The molecule has 0 spiro atoms. The van der Waals surface area contributed by atoms with Crippen LogP contribution < -0.4 is 0 Å². The molecule has 0 radical (unpaired) electrons. The molecule has 1 aromatic rings. The molecule has 0 aliphatic heterocycles. The molecule has 0 fully saturated rings. The lowest BCUT2D eigenvalue weighted by Crippen LogP contribution is -2.03. The summed E-state index contributed by atoms with van der Waals surface area (Å²) in [4.78, 5) is 0. The van der Waals surface area contributed by atoms with Crippen LogP contribution in [0.4, 0.5) is 0 Å². The van der Waals surface area contributed by atoms with E-state index in [0.29, 0.717) is 5.92 Å². The van der Waals surface area contributed by atoms with Crippen LogP contribution in [0.25, 0.3) is 11.1 Å². The third kappa shape index (κ3) is 1.32. The lowest BCUT2D eigenvalue weighted by molar-refractivity contribution is 0.724. The SMILES string of the molecule is CC1C=C2CCCC=C3C2=C(C1)c1ccccc13. The molecule has 1 aromatic carbocycles. The van der Waals surface area contributed by atoms with Crippen molar-refractivity contribution in [3.05, 3.63) is 58.7 Å². The quantitative estimate of drug-likeness (QED) is 0.593. The van der Waals surface area contributed by atoms with Crippen LogP contribution in [-0.2, 0) is 0 Å². The summed E-state index contributed by atoms with van der Waals surface area (Å²) in [5.74, 6) is 0.698. The summed E-state index contributed by atoms with van der Waals surface area (Å²) in [6.45, 7) is 2.35. The molecule has 90 valence electrons. The Kier molecular flexibility index (Phi) is 2.14. The zero-order valence-corrected chi connectivity index (χ0v) is 10.9. The van der Waals surface area contributed by atoms with Crippen molar-refractivity contribution in [3.8, 4) is 0 Å². The summed E-state index contributed by atoms with van der Waals surface area (Å²) in [7, 11) is 0. The van der Waals surface area contributed by atoms with E-state index < -0.39 is 0 Å². The molecule has 0 nitrogen and oxygen atoms in total. The maximum absolute atomic E-state index is 2.52. The Hall–Kier alpha value is -1.56. The second-order valence-corrected chi connectivity index (χ2v) is 5.78. The molecular weight excluding hydrogens is 216 g/mol. The number of benzene rings is 1. The third-order valence-corrected chi connectivity index (χ3v) is 4.45. The molecule has 0 aromatic heterocycles. The Labute approximate surface area is 109 Å². The number of hydrogen-bond donors (Lipinski definition) is 0.